The van der Waals surface area contributed by atoms with E-state index in [-0.39, 0.29) is 6.04 Å². The number of hydrogen-bond donors (Lipinski definition) is 1. The molecular formula is C14H14N2O2. The molecule has 0 aliphatic carbocycles. The lowest BCUT2D eigenvalue weighted by atomic mass is 10.1. The molecule has 92 valence electrons. The van der Waals surface area contributed by atoms with Gasteiger partial charge in [-0.25, -0.2) is 4.98 Å². The van der Waals surface area contributed by atoms with E-state index in [2.05, 4.69) is 4.98 Å². The zero-order valence-corrected chi connectivity index (χ0v) is 10.1. The average Bonchev–Trinajstić information content (AvgIpc) is 2.95. The lowest BCUT2D eigenvalue weighted by Gasteiger charge is -2.05. The van der Waals surface area contributed by atoms with Gasteiger partial charge in [0.2, 0.25) is 5.71 Å². The van der Waals surface area contributed by atoms with Crippen LogP contribution in [0.4, 0.5) is 0 Å². The first-order valence-electron chi connectivity index (χ1n) is 5.88. The SMILES string of the molecule is Cc1ccc(CC(N)c2cc3cccnc3o2)o1. The highest BCUT2D eigenvalue weighted by Gasteiger charge is 2.14. The maximum Gasteiger partial charge on any atom is 0.226 e. The number of nitrogens with two attached hydrogens (primary N) is 1. The third kappa shape index (κ3) is 2.02. The molecule has 0 aliphatic rings. The van der Waals surface area contributed by atoms with Crippen molar-refractivity contribution in [3.05, 3.63) is 53.8 Å². The Balaban J connectivity index is 1.85. The summed E-state index contributed by atoms with van der Waals surface area (Å²) in [4.78, 5) is 4.15. The van der Waals surface area contributed by atoms with Gasteiger partial charge in [0.25, 0.3) is 0 Å². The highest BCUT2D eigenvalue weighted by molar-refractivity contribution is 5.73. The van der Waals surface area contributed by atoms with Crippen molar-refractivity contribution >= 4 is 11.1 Å². The van der Waals surface area contributed by atoms with Crippen molar-refractivity contribution in [3.63, 3.8) is 0 Å². The lowest BCUT2D eigenvalue weighted by molar-refractivity contribution is 0.433. The van der Waals surface area contributed by atoms with E-state index in [0.717, 1.165) is 22.7 Å². The molecule has 18 heavy (non-hydrogen) atoms. The van der Waals surface area contributed by atoms with Crippen LogP contribution in [-0.2, 0) is 6.42 Å². The number of hydrogen-bond acceptors (Lipinski definition) is 4. The molecule has 4 nitrogen and oxygen atoms in total. The lowest BCUT2D eigenvalue weighted by Crippen LogP contribution is -2.11. The molecule has 0 aromatic carbocycles. The van der Waals surface area contributed by atoms with Gasteiger partial charge in [-0.3, -0.25) is 0 Å². The van der Waals surface area contributed by atoms with E-state index in [9.17, 15) is 0 Å². The van der Waals surface area contributed by atoms with E-state index in [4.69, 9.17) is 14.6 Å². The summed E-state index contributed by atoms with van der Waals surface area (Å²) in [5.74, 6) is 2.50. The Morgan fingerprint density at radius 1 is 1.28 bits per heavy atom. The van der Waals surface area contributed by atoms with Gasteiger partial charge >= 0.3 is 0 Å². The summed E-state index contributed by atoms with van der Waals surface area (Å²) in [6.07, 6.45) is 2.32. The van der Waals surface area contributed by atoms with E-state index in [0.29, 0.717) is 12.1 Å². The Morgan fingerprint density at radius 2 is 2.17 bits per heavy atom. The standard InChI is InChI=1S/C14H14N2O2/c1-9-4-5-11(17-9)8-12(15)13-7-10-3-2-6-16-14(10)18-13/h2-7,12H,8,15H2,1H3. The van der Waals surface area contributed by atoms with Gasteiger partial charge < -0.3 is 14.6 Å². The summed E-state index contributed by atoms with van der Waals surface area (Å²) in [6, 6.07) is 9.42. The third-order valence-electron chi connectivity index (χ3n) is 2.90. The number of fused-ring (bicyclic) bond motifs is 1. The van der Waals surface area contributed by atoms with Crippen LogP contribution in [0.5, 0.6) is 0 Å². The van der Waals surface area contributed by atoms with Gasteiger partial charge in [-0.2, -0.15) is 0 Å². The number of nitrogens with zero attached hydrogens (tertiary/aromatic N) is 1. The molecule has 3 aromatic rings. The van der Waals surface area contributed by atoms with Gasteiger partial charge in [-0.1, -0.05) is 0 Å². The van der Waals surface area contributed by atoms with Crippen LogP contribution in [-0.4, -0.2) is 4.98 Å². The molecule has 0 fully saturated rings. The molecule has 0 radical (unpaired) electrons. The molecule has 1 unspecified atom stereocenters. The van der Waals surface area contributed by atoms with E-state index in [1.165, 1.54) is 0 Å². The first-order valence-corrected chi connectivity index (χ1v) is 5.88. The summed E-state index contributed by atoms with van der Waals surface area (Å²) in [5.41, 5.74) is 6.74. The summed E-state index contributed by atoms with van der Waals surface area (Å²) in [5, 5.41) is 0.971. The highest BCUT2D eigenvalue weighted by atomic mass is 16.3. The fraction of sp³-hybridized carbons (Fsp3) is 0.214. The van der Waals surface area contributed by atoms with Crippen LogP contribution >= 0.6 is 0 Å². The normalized spacial score (nSPS) is 13.0. The molecule has 1 atom stereocenters. The summed E-state index contributed by atoms with van der Waals surface area (Å²) < 4.78 is 11.1. The average molecular weight is 242 g/mol. The van der Waals surface area contributed by atoms with Crippen LogP contribution in [0.3, 0.4) is 0 Å². The van der Waals surface area contributed by atoms with Crippen LogP contribution in [0.2, 0.25) is 0 Å². The third-order valence-corrected chi connectivity index (χ3v) is 2.90. The summed E-state index contributed by atoms with van der Waals surface area (Å²) in [7, 11) is 0. The van der Waals surface area contributed by atoms with Gasteiger partial charge in [-0.05, 0) is 37.3 Å². The number of rotatable bonds is 3. The molecule has 0 spiro atoms. The van der Waals surface area contributed by atoms with Crippen LogP contribution in [0.15, 0.2) is 45.4 Å². The molecular weight excluding hydrogens is 228 g/mol. The zero-order chi connectivity index (χ0) is 12.5. The van der Waals surface area contributed by atoms with Crippen LogP contribution in [0.1, 0.15) is 23.3 Å². The Hall–Kier alpha value is -2.07. The molecule has 4 heteroatoms. The number of aryl methyl sites for hydroxylation is 1. The van der Waals surface area contributed by atoms with E-state index < -0.39 is 0 Å². The van der Waals surface area contributed by atoms with Crippen molar-refractivity contribution in [3.8, 4) is 0 Å². The quantitative estimate of drug-likeness (QED) is 0.766. The first-order chi connectivity index (χ1) is 8.72. The number of aromatic nitrogens is 1. The maximum absolute atomic E-state index is 6.12. The summed E-state index contributed by atoms with van der Waals surface area (Å²) >= 11 is 0. The zero-order valence-electron chi connectivity index (χ0n) is 10.1. The second-order valence-electron chi connectivity index (χ2n) is 4.37. The minimum Gasteiger partial charge on any atom is -0.466 e. The van der Waals surface area contributed by atoms with Crippen molar-refractivity contribution in [1.29, 1.82) is 0 Å². The number of furan rings is 2. The summed E-state index contributed by atoms with van der Waals surface area (Å²) in [6.45, 7) is 1.92. The van der Waals surface area contributed by atoms with Crippen LogP contribution < -0.4 is 5.73 Å². The van der Waals surface area contributed by atoms with Crippen molar-refractivity contribution in [2.45, 2.75) is 19.4 Å². The molecule has 0 bridgehead atoms. The fourth-order valence-electron chi connectivity index (χ4n) is 1.99. The minimum absolute atomic E-state index is 0.218. The monoisotopic (exact) mass is 242 g/mol. The number of pyridine rings is 1. The van der Waals surface area contributed by atoms with Crippen LogP contribution in [0.25, 0.3) is 11.1 Å². The second-order valence-corrected chi connectivity index (χ2v) is 4.37. The largest absolute Gasteiger partial charge is 0.466 e. The second kappa shape index (κ2) is 4.31. The van der Waals surface area contributed by atoms with Gasteiger partial charge in [0.1, 0.15) is 17.3 Å². The highest BCUT2D eigenvalue weighted by Crippen LogP contribution is 2.23. The van der Waals surface area contributed by atoms with Crippen molar-refractivity contribution in [1.82, 2.24) is 4.98 Å². The molecule has 2 N–H and O–H groups in total. The van der Waals surface area contributed by atoms with Gasteiger partial charge in [-0.15, -0.1) is 0 Å². The first kappa shape index (κ1) is 11.0. The predicted octanol–water partition coefficient (Wildman–Crippen LogP) is 2.97. The topological polar surface area (TPSA) is 65.2 Å². The molecule has 3 heterocycles. The molecule has 0 saturated heterocycles. The van der Waals surface area contributed by atoms with Gasteiger partial charge in [0.05, 0.1) is 6.04 Å². The van der Waals surface area contributed by atoms with E-state index in [1.54, 1.807) is 6.20 Å². The van der Waals surface area contributed by atoms with Crippen molar-refractivity contribution < 1.29 is 8.83 Å². The molecule has 0 aliphatic heterocycles. The van der Waals surface area contributed by atoms with E-state index in [1.807, 2.05) is 37.3 Å². The molecule has 0 saturated carbocycles. The van der Waals surface area contributed by atoms with E-state index >= 15 is 0 Å². The Bertz CT molecular complexity index is 636. The van der Waals surface area contributed by atoms with Gasteiger partial charge in [0, 0.05) is 18.0 Å². The molecule has 0 amide bonds. The smallest absolute Gasteiger partial charge is 0.226 e. The Morgan fingerprint density at radius 3 is 2.89 bits per heavy atom. The van der Waals surface area contributed by atoms with Crippen LogP contribution in [0, 0.1) is 6.92 Å². The molecule has 3 rings (SSSR count). The van der Waals surface area contributed by atoms with Gasteiger partial charge in [0.15, 0.2) is 0 Å². The predicted molar refractivity (Wildman–Crippen MR) is 68.1 cm³/mol. The Kier molecular flexibility index (Phi) is 2.64. The molecule has 3 aromatic heterocycles. The minimum atomic E-state index is -0.218. The fourth-order valence-corrected chi connectivity index (χ4v) is 1.99. The maximum atomic E-state index is 6.12. The van der Waals surface area contributed by atoms with Crippen molar-refractivity contribution in [2.24, 2.45) is 5.73 Å². The van der Waals surface area contributed by atoms with Crippen molar-refractivity contribution in [2.75, 3.05) is 0 Å². The Labute approximate surface area is 104 Å².